The third-order valence-corrected chi connectivity index (χ3v) is 8.14. The summed E-state index contributed by atoms with van der Waals surface area (Å²) >= 11 is 2.33. The maximum atomic E-state index is 14.2. The molecule has 0 bridgehead atoms. The number of ether oxygens (including phenoxy) is 2. The number of alkyl halides is 2. The molecule has 1 unspecified atom stereocenters. The number of unbranched alkanes of at least 4 members (excludes halogenated alkanes) is 1. The number of carbonyl (C=O) groups excluding carboxylic acids is 1. The Kier molecular flexibility index (Phi) is 10.7. The zero-order valence-electron chi connectivity index (χ0n) is 18.6. The Morgan fingerprint density at radius 3 is 2.61 bits per heavy atom. The lowest BCUT2D eigenvalue weighted by atomic mass is 9.85. The Morgan fingerprint density at radius 1 is 1.29 bits per heavy atom. The minimum Gasteiger partial charge on any atom is -0.481 e. The standard InChI is InChI=1S/C23H36FIO6/c1-4-5-6-17(24)19(26)10-8-14-15-11-21(18(25)9-7-13(2)22(27)28)31-20(15)12-16(14)23(29)30-3/h8,10,13-21,26H,4-7,9,11-12H2,1-3H3,(H,27,28)/t13?,14-,15+,16+,17+,18-,19+,20-,21-/m0/s1. The highest BCUT2D eigenvalue weighted by Crippen LogP contribution is 2.49. The predicted octanol–water partition coefficient (Wildman–Crippen LogP) is 4.32. The normalized spacial score (nSPS) is 31.9. The molecule has 8 heteroatoms. The second kappa shape index (κ2) is 12.5. The van der Waals surface area contributed by atoms with Crippen LogP contribution >= 0.6 is 22.6 Å². The van der Waals surface area contributed by atoms with Gasteiger partial charge in [-0.25, -0.2) is 4.39 Å². The molecule has 0 radical (unpaired) electrons. The van der Waals surface area contributed by atoms with E-state index in [-0.39, 0.29) is 45.8 Å². The molecule has 1 heterocycles. The molecule has 1 aliphatic heterocycles. The molecule has 31 heavy (non-hydrogen) atoms. The molecule has 1 saturated heterocycles. The van der Waals surface area contributed by atoms with Crippen molar-refractivity contribution >= 4 is 34.5 Å². The molecule has 0 aromatic rings. The van der Waals surface area contributed by atoms with E-state index in [1.165, 1.54) is 13.2 Å². The number of halogens is 2. The number of esters is 1. The quantitative estimate of drug-likeness (QED) is 0.162. The molecule has 0 aromatic heterocycles. The van der Waals surface area contributed by atoms with E-state index in [2.05, 4.69) is 22.6 Å². The van der Waals surface area contributed by atoms with E-state index in [1.807, 2.05) is 6.92 Å². The molecule has 178 valence electrons. The summed E-state index contributed by atoms with van der Waals surface area (Å²) in [5.74, 6) is -1.92. The number of carbonyl (C=O) groups is 2. The van der Waals surface area contributed by atoms with Crippen LogP contribution in [0.2, 0.25) is 0 Å². The summed E-state index contributed by atoms with van der Waals surface area (Å²) in [7, 11) is 1.36. The number of fused-ring (bicyclic) bond motifs is 1. The first-order chi connectivity index (χ1) is 14.7. The van der Waals surface area contributed by atoms with Gasteiger partial charge in [0.05, 0.1) is 31.2 Å². The predicted molar refractivity (Wildman–Crippen MR) is 124 cm³/mol. The number of carboxylic acid groups (broad SMARTS) is 1. The highest BCUT2D eigenvalue weighted by atomic mass is 127. The molecule has 2 fully saturated rings. The van der Waals surface area contributed by atoms with Crippen molar-refractivity contribution < 1.29 is 33.7 Å². The van der Waals surface area contributed by atoms with E-state index < -0.39 is 18.2 Å². The Balaban J connectivity index is 2.03. The largest absolute Gasteiger partial charge is 0.481 e. The lowest BCUT2D eigenvalue weighted by Gasteiger charge is -2.23. The van der Waals surface area contributed by atoms with Crippen LogP contribution in [0.3, 0.4) is 0 Å². The topological polar surface area (TPSA) is 93.1 Å². The van der Waals surface area contributed by atoms with Crippen molar-refractivity contribution in [1.29, 1.82) is 0 Å². The number of allylic oxidation sites excluding steroid dienone is 1. The molecule has 0 spiro atoms. The van der Waals surface area contributed by atoms with Gasteiger partial charge in [-0.2, -0.15) is 0 Å². The Morgan fingerprint density at radius 2 is 2.00 bits per heavy atom. The Labute approximate surface area is 198 Å². The van der Waals surface area contributed by atoms with Crippen LogP contribution < -0.4 is 0 Å². The summed E-state index contributed by atoms with van der Waals surface area (Å²) < 4.78 is 25.6. The lowest BCUT2D eigenvalue weighted by Crippen LogP contribution is -2.27. The van der Waals surface area contributed by atoms with Crippen molar-refractivity contribution in [3.05, 3.63) is 12.2 Å². The van der Waals surface area contributed by atoms with Crippen molar-refractivity contribution in [1.82, 2.24) is 0 Å². The van der Waals surface area contributed by atoms with Crippen molar-refractivity contribution in [3.8, 4) is 0 Å². The molecule has 9 atom stereocenters. The summed E-state index contributed by atoms with van der Waals surface area (Å²) in [6.45, 7) is 3.69. The number of methoxy groups -OCH3 is 1. The van der Waals surface area contributed by atoms with Gasteiger partial charge in [0.1, 0.15) is 12.3 Å². The molecule has 6 nitrogen and oxygen atoms in total. The van der Waals surface area contributed by atoms with Gasteiger partial charge in [-0.1, -0.05) is 61.4 Å². The van der Waals surface area contributed by atoms with Crippen LogP contribution in [-0.4, -0.2) is 57.7 Å². The summed E-state index contributed by atoms with van der Waals surface area (Å²) in [5, 5.41) is 19.3. The van der Waals surface area contributed by atoms with Gasteiger partial charge in [0.15, 0.2) is 0 Å². The van der Waals surface area contributed by atoms with E-state index in [0.717, 1.165) is 25.7 Å². The van der Waals surface area contributed by atoms with Crippen molar-refractivity contribution in [2.75, 3.05) is 7.11 Å². The molecule has 2 rings (SSSR count). The fourth-order valence-corrected chi connectivity index (χ4v) is 5.53. The van der Waals surface area contributed by atoms with E-state index in [0.29, 0.717) is 19.3 Å². The Hall–Kier alpha value is -0.740. The molecule has 1 saturated carbocycles. The van der Waals surface area contributed by atoms with Gasteiger partial charge in [-0.05, 0) is 43.9 Å². The van der Waals surface area contributed by atoms with Crippen molar-refractivity contribution in [2.45, 2.75) is 87.2 Å². The van der Waals surface area contributed by atoms with Crippen molar-refractivity contribution in [2.24, 2.45) is 23.7 Å². The molecule has 2 N–H and O–H groups in total. The number of aliphatic hydroxyl groups is 1. The maximum absolute atomic E-state index is 14.2. The van der Waals surface area contributed by atoms with Gasteiger partial charge in [0.25, 0.3) is 0 Å². The zero-order valence-corrected chi connectivity index (χ0v) is 20.7. The summed E-state index contributed by atoms with van der Waals surface area (Å²) in [4.78, 5) is 23.4. The minimum absolute atomic E-state index is 0.00510. The average molecular weight is 554 g/mol. The second-order valence-corrected chi connectivity index (χ2v) is 10.5. The minimum atomic E-state index is -1.31. The maximum Gasteiger partial charge on any atom is 0.309 e. The van der Waals surface area contributed by atoms with Gasteiger partial charge in [0, 0.05) is 3.92 Å². The van der Waals surface area contributed by atoms with Crippen LogP contribution in [0.4, 0.5) is 4.39 Å². The number of rotatable bonds is 12. The van der Waals surface area contributed by atoms with Crippen LogP contribution in [-0.2, 0) is 19.1 Å². The Bertz CT molecular complexity index is 629. The third kappa shape index (κ3) is 7.12. The van der Waals surface area contributed by atoms with Gasteiger partial charge < -0.3 is 19.7 Å². The first-order valence-corrected chi connectivity index (χ1v) is 12.5. The van der Waals surface area contributed by atoms with Gasteiger partial charge >= 0.3 is 11.9 Å². The van der Waals surface area contributed by atoms with Crippen LogP contribution in [0.15, 0.2) is 12.2 Å². The highest BCUT2D eigenvalue weighted by Gasteiger charge is 2.52. The molecule has 2 aliphatic rings. The van der Waals surface area contributed by atoms with Gasteiger partial charge in [-0.15, -0.1) is 0 Å². The van der Waals surface area contributed by atoms with Crippen LogP contribution in [0.25, 0.3) is 0 Å². The van der Waals surface area contributed by atoms with Gasteiger partial charge in [-0.3, -0.25) is 9.59 Å². The second-order valence-electron chi connectivity index (χ2n) is 8.92. The van der Waals surface area contributed by atoms with E-state index in [4.69, 9.17) is 14.6 Å². The molecule has 0 amide bonds. The van der Waals surface area contributed by atoms with Gasteiger partial charge in [0.2, 0.25) is 0 Å². The SMILES string of the molecule is CCCC[C@@H](F)[C@H](O)C=C[C@H]1[C@H]2C[C@@H]([C@@H](I)CCC(C)C(=O)O)O[C@H]2C[C@H]1C(=O)OC. The lowest BCUT2D eigenvalue weighted by molar-refractivity contribution is -0.146. The average Bonchev–Trinajstić information content (AvgIpc) is 3.31. The fraction of sp³-hybridized carbons (Fsp3) is 0.826. The first kappa shape index (κ1) is 26.5. The number of aliphatic carboxylic acids is 1. The zero-order chi connectivity index (χ0) is 23.1. The first-order valence-electron chi connectivity index (χ1n) is 11.3. The smallest absolute Gasteiger partial charge is 0.309 e. The third-order valence-electron chi connectivity index (χ3n) is 6.72. The number of hydrogen-bond donors (Lipinski definition) is 2. The van der Waals surface area contributed by atoms with E-state index in [9.17, 15) is 19.1 Å². The highest BCUT2D eigenvalue weighted by molar-refractivity contribution is 14.1. The fourth-order valence-electron chi connectivity index (χ4n) is 4.71. The van der Waals surface area contributed by atoms with E-state index in [1.54, 1.807) is 13.0 Å². The monoisotopic (exact) mass is 554 g/mol. The molecular formula is C23H36FIO6. The van der Waals surface area contributed by atoms with Crippen LogP contribution in [0.5, 0.6) is 0 Å². The number of carboxylic acids is 1. The summed E-state index contributed by atoms with van der Waals surface area (Å²) in [5.41, 5.74) is 0. The number of hydrogen-bond acceptors (Lipinski definition) is 5. The number of aliphatic hydroxyl groups excluding tert-OH is 1. The van der Waals surface area contributed by atoms with Crippen LogP contribution in [0, 0.1) is 23.7 Å². The van der Waals surface area contributed by atoms with Crippen LogP contribution in [0.1, 0.15) is 58.8 Å². The molecule has 1 aliphatic carbocycles. The van der Waals surface area contributed by atoms with Crippen molar-refractivity contribution in [3.63, 3.8) is 0 Å². The van der Waals surface area contributed by atoms with E-state index >= 15 is 0 Å². The molecular weight excluding hydrogens is 518 g/mol. The summed E-state index contributed by atoms with van der Waals surface area (Å²) in [6.07, 6.45) is 5.24. The molecule has 0 aromatic carbocycles. The summed E-state index contributed by atoms with van der Waals surface area (Å²) in [6, 6.07) is 0.